The first kappa shape index (κ1) is 13.8. The number of carbonyl (C=O) groups is 1. The number of sulfonamides is 1. The zero-order chi connectivity index (χ0) is 14.2. The third-order valence-corrected chi connectivity index (χ3v) is 4.30. The van der Waals surface area contributed by atoms with Gasteiger partial charge >= 0.3 is 5.97 Å². The molecule has 1 aliphatic rings. The van der Waals surface area contributed by atoms with E-state index in [0.29, 0.717) is 5.69 Å². The summed E-state index contributed by atoms with van der Waals surface area (Å²) in [4.78, 5) is 13.1. The van der Waals surface area contributed by atoms with Crippen molar-refractivity contribution in [3.63, 3.8) is 0 Å². The fourth-order valence-electron chi connectivity index (χ4n) is 2.41. The van der Waals surface area contributed by atoms with Crippen molar-refractivity contribution in [1.29, 1.82) is 0 Å². The highest BCUT2D eigenvalue weighted by Gasteiger charge is 2.25. The zero-order valence-corrected chi connectivity index (χ0v) is 11.4. The van der Waals surface area contributed by atoms with E-state index in [1.807, 2.05) is 11.8 Å². The van der Waals surface area contributed by atoms with Crippen LogP contribution in [0.1, 0.15) is 30.1 Å². The van der Waals surface area contributed by atoms with Gasteiger partial charge in [0.1, 0.15) is 0 Å². The number of rotatable bonds is 3. The van der Waals surface area contributed by atoms with Gasteiger partial charge in [-0.05, 0) is 38.0 Å². The molecule has 1 aromatic rings. The summed E-state index contributed by atoms with van der Waals surface area (Å²) in [6, 6.07) is 4.24. The van der Waals surface area contributed by atoms with Crippen molar-refractivity contribution in [2.24, 2.45) is 5.14 Å². The monoisotopic (exact) mass is 284 g/mol. The maximum atomic E-state index is 11.3. The molecule has 1 unspecified atom stereocenters. The van der Waals surface area contributed by atoms with Gasteiger partial charge in [-0.15, -0.1) is 0 Å². The standard InChI is InChI=1S/C12H16N2O4S/c1-8-3-2-6-14(8)11-5-4-9(19(13,17)18)7-10(11)12(15)16/h4-5,7-8H,2-3,6H2,1H3,(H,15,16)(H2,13,17,18). The number of nitrogens with two attached hydrogens (primary N) is 1. The van der Waals surface area contributed by atoms with E-state index in [9.17, 15) is 18.3 Å². The van der Waals surface area contributed by atoms with Crippen molar-refractivity contribution in [1.82, 2.24) is 0 Å². The van der Waals surface area contributed by atoms with E-state index in [2.05, 4.69) is 0 Å². The number of carboxylic acids is 1. The van der Waals surface area contributed by atoms with Gasteiger partial charge in [0.2, 0.25) is 10.0 Å². The molecule has 1 atom stereocenters. The Hall–Kier alpha value is -1.60. The van der Waals surface area contributed by atoms with Crippen LogP contribution in [0.25, 0.3) is 0 Å². The van der Waals surface area contributed by atoms with Gasteiger partial charge in [-0.1, -0.05) is 0 Å². The Morgan fingerprint density at radius 3 is 2.63 bits per heavy atom. The number of nitrogens with zero attached hydrogens (tertiary/aromatic N) is 1. The largest absolute Gasteiger partial charge is 0.478 e. The molecule has 0 bridgehead atoms. The van der Waals surface area contributed by atoms with Crippen LogP contribution >= 0.6 is 0 Å². The van der Waals surface area contributed by atoms with Gasteiger partial charge in [-0.25, -0.2) is 18.4 Å². The number of hydrogen-bond acceptors (Lipinski definition) is 4. The molecule has 2 rings (SSSR count). The fourth-order valence-corrected chi connectivity index (χ4v) is 2.94. The van der Waals surface area contributed by atoms with Gasteiger partial charge in [0.05, 0.1) is 16.1 Å². The lowest BCUT2D eigenvalue weighted by molar-refractivity contribution is 0.0697. The Labute approximate surface area is 111 Å². The molecule has 1 heterocycles. The Morgan fingerprint density at radius 1 is 1.47 bits per heavy atom. The summed E-state index contributed by atoms with van der Waals surface area (Å²) in [5.41, 5.74) is 0.519. The molecule has 7 heteroatoms. The van der Waals surface area contributed by atoms with E-state index in [-0.39, 0.29) is 16.5 Å². The average molecular weight is 284 g/mol. The second-order valence-corrected chi connectivity index (χ2v) is 6.28. The van der Waals surface area contributed by atoms with E-state index < -0.39 is 16.0 Å². The Morgan fingerprint density at radius 2 is 2.16 bits per heavy atom. The van der Waals surface area contributed by atoms with Gasteiger partial charge in [-0.3, -0.25) is 0 Å². The van der Waals surface area contributed by atoms with Gasteiger partial charge in [0.25, 0.3) is 0 Å². The number of anilines is 1. The summed E-state index contributed by atoms with van der Waals surface area (Å²) in [6.07, 6.45) is 1.99. The molecule has 0 radical (unpaired) electrons. The minimum Gasteiger partial charge on any atom is -0.478 e. The first-order chi connectivity index (χ1) is 8.80. The van der Waals surface area contributed by atoms with Crippen molar-refractivity contribution < 1.29 is 18.3 Å². The predicted molar refractivity (Wildman–Crippen MR) is 70.8 cm³/mol. The van der Waals surface area contributed by atoms with Crippen molar-refractivity contribution >= 4 is 21.7 Å². The molecule has 19 heavy (non-hydrogen) atoms. The van der Waals surface area contributed by atoms with Gasteiger partial charge in [0, 0.05) is 12.6 Å². The van der Waals surface area contributed by atoms with Crippen LogP contribution in [0.2, 0.25) is 0 Å². The molecular weight excluding hydrogens is 268 g/mol. The van der Waals surface area contributed by atoms with Gasteiger partial charge in [-0.2, -0.15) is 0 Å². The van der Waals surface area contributed by atoms with E-state index in [1.54, 1.807) is 0 Å². The molecule has 0 aromatic heterocycles. The van der Waals surface area contributed by atoms with Gasteiger partial charge in [0.15, 0.2) is 0 Å². The molecule has 1 aromatic carbocycles. The summed E-state index contributed by atoms with van der Waals surface area (Å²) >= 11 is 0. The van der Waals surface area contributed by atoms with E-state index in [1.165, 1.54) is 12.1 Å². The van der Waals surface area contributed by atoms with Crippen LogP contribution in [0.15, 0.2) is 23.1 Å². The minimum atomic E-state index is -3.89. The number of primary sulfonamides is 1. The van der Waals surface area contributed by atoms with Crippen molar-refractivity contribution in [2.75, 3.05) is 11.4 Å². The zero-order valence-electron chi connectivity index (χ0n) is 10.5. The molecule has 0 saturated carbocycles. The molecule has 3 N–H and O–H groups in total. The number of carboxylic acid groups (broad SMARTS) is 1. The quantitative estimate of drug-likeness (QED) is 0.863. The Bertz CT molecular complexity index is 612. The summed E-state index contributed by atoms with van der Waals surface area (Å²) in [5, 5.41) is 14.3. The molecule has 0 aliphatic carbocycles. The topological polar surface area (TPSA) is 101 Å². The van der Waals surface area contributed by atoms with Crippen LogP contribution in [0.5, 0.6) is 0 Å². The van der Waals surface area contributed by atoms with Crippen molar-refractivity contribution in [3.8, 4) is 0 Å². The predicted octanol–water partition coefficient (Wildman–Crippen LogP) is 1.02. The van der Waals surface area contributed by atoms with Crippen LogP contribution < -0.4 is 10.0 Å². The first-order valence-corrected chi connectivity index (χ1v) is 7.52. The highest BCUT2D eigenvalue weighted by molar-refractivity contribution is 7.89. The Balaban J connectivity index is 2.53. The molecule has 0 amide bonds. The van der Waals surface area contributed by atoms with Crippen LogP contribution in [0.4, 0.5) is 5.69 Å². The Kier molecular flexibility index (Phi) is 3.51. The van der Waals surface area contributed by atoms with Crippen LogP contribution in [-0.2, 0) is 10.0 Å². The highest BCUT2D eigenvalue weighted by Crippen LogP contribution is 2.30. The number of aromatic carboxylic acids is 1. The first-order valence-electron chi connectivity index (χ1n) is 5.97. The van der Waals surface area contributed by atoms with E-state index in [0.717, 1.165) is 25.5 Å². The normalized spacial score (nSPS) is 19.7. The summed E-state index contributed by atoms with van der Waals surface area (Å²) in [7, 11) is -3.89. The van der Waals surface area contributed by atoms with Crippen LogP contribution in [0.3, 0.4) is 0 Å². The maximum Gasteiger partial charge on any atom is 0.337 e. The maximum absolute atomic E-state index is 11.3. The fraction of sp³-hybridized carbons (Fsp3) is 0.417. The van der Waals surface area contributed by atoms with E-state index >= 15 is 0 Å². The number of benzene rings is 1. The average Bonchev–Trinajstić information content (AvgIpc) is 2.73. The molecule has 1 saturated heterocycles. The SMILES string of the molecule is CC1CCCN1c1ccc(S(N)(=O)=O)cc1C(=O)O. The lowest BCUT2D eigenvalue weighted by atomic mass is 10.1. The minimum absolute atomic E-state index is 0.0275. The lowest BCUT2D eigenvalue weighted by Gasteiger charge is -2.25. The van der Waals surface area contributed by atoms with Gasteiger partial charge < -0.3 is 10.0 Å². The molecule has 1 fully saturated rings. The smallest absolute Gasteiger partial charge is 0.337 e. The summed E-state index contributed by atoms with van der Waals surface area (Å²) in [6.45, 7) is 2.79. The number of hydrogen-bond donors (Lipinski definition) is 2. The molecular formula is C12H16N2O4S. The molecule has 0 spiro atoms. The third kappa shape index (κ3) is 2.71. The highest BCUT2D eigenvalue weighted by atomic mass is 32.2. The second-order valence-electron chi connectivity index (χ2n) is 4.71. The van der Waals surface area contributed by atoms with Crippen LogP contribution in [-0.4, -0.2) is 32.1 Å². The second kappa shape index (κ2) is 4.82. The molecule has 104 valence electrons. The van der Waals surface area contributed by atoms with E-state index in [4.69, 9.17) is 5.14 Å². The molecule has 6 nitrogen and oxygen atoms in total. The van der Waals surface area contributed by atoms with Crippen molar-refractivity contribution in [3.05, 3.63) is 23.8 Å². The van der Waals surface area contributed by atoms with Crippen molar-refractivity contribution in [2.45, 2.75) is 30.7 Å². The lowest BCUT2D eigenvalue weighted by Crippen LogP contribution is -2.28. The molecule has 1 aliphatic heterocycles. The van der Waals surface area contributed by atoms with Crippen LogP contribution in [0, 0.1) is 0 Å². The summed E-state index contributed by atoms with van der Waals surface area (Å²) < 4.78 is 22.6. The third-order valence-electron chi connectivity index (χ3n) is 3.39. The summed E-state index contributed by atoms with van der Waals surface area (Å²) in [5.74, 6) is -1.15.